The lowest BCUT2D eigenvalue weighted by Crippen LogP contribution is -1.98. The Morgan fingerprint density at radius 3 is 1.67 bits per heavy atom. The molecule has 0 unspecified atom stereocenters. The molecular weight excluding hydrogens is 209 g/mol. The van der Waals surface area contributed by atoms with Crippen LogP contribution in [0.5, 0.6) is 0 Å². The van der Waals surface area contributed by atoms with Crippen LogP contribution < -0.4 is 5.73 Å². The van der Waals surface area contributed by atoms with Gasteiger partial charge in [0.2, 0.25) is 0 Å². The maximum Gasteiger partial charge on any atom is 0.0695 e. The van der Waals surface area contributed by atoms with Crippen LogP contribution in [0.1, 0.15) is 6.92 Å². The zero-order valence-corrected chi connectivity index (χ0v) is 6.84. The molecule has 0 heterocycles. The fourth-order valence-electron chi connectivity index (χ4n) is 0. The molecule has 0 aliphatic carbocycles. The number of nitrogens with two attached hydrogens (primary N) is 1. The van der Waals surface area contributed by atoms with Gasteiger partial charge in [-0.15, -0.1) is 0 Å². The van der Waals surface area contributed by atoms with Gasteiger partial charge in [0.1, 0.15) is 0 Å². The van der Waals surface area contributed by atoms with E-state index >= 15 is 0 Å². The summed E-state index contributed by atoms with van der Waals surface area (Å²) >= 11 is 6.46. The second-order valence-electron chi connectivity index (χ2n) is 0.611. The molecule has 0 fully saturated rings. The highest BCUT2D eigenvalue weighted by Crippen LogP contribution is 1.48. The van der Waals surface area contributed by atoms with Gasteiger partial charge in [-0.1, -0.05) is 34.8 Å². The van der Waals surface area contributed by atoms with Crippen molar-refractivity contribution >= 4 is 39.8 Å². The Balaban J connectivity index is 0. The van der Waals surface area contributed by atoms with Crippen molar-refractivity contribution in [3.8, 4) is 0 Å². The zero-order valence-electron chi connectivity index (χ0n) is 3.86. The van der Waals surface area contributed by atoms with Crippen LogP contribution in [0.4, 0.5) is 0 Å². The molecule has 0 aliphatic heterocycles. The zero-order chi connectivity index (χ0) is 5.58. The quantitative estimate of drug-likeness (QED) is 0.376. The number of hydrogen-bond acceptors (Lipinski definition) is 1. The Kier molecular flexibility index (Phi) is 14.9. The van der Waals surface area contributed by atoms with Gasteiger partial charge >= 0.3 is 0 Å². The molecule has 0 saturated heterocycles. The first-order chi connectivity index (χ1) is 2.73. The van der Waals surface area contributed by atoms with Crippen molar-refractivity contribution in [2.75, 3.05) is 4.93 Å². The van der Waals surface area contributed by atoms with E-state index in [1.54, 1.807) is 6.92 Å². The predicted octanol–water partition coefficient (Wildman–Crippen LogP) is 1.34. The van der Waals surface area contributed by atoms with Gasteiger partial charge in [-0.2, -0.15) is 0 Å². The van der Waals surface area contributed by atoms with Crippen molar-refractivity contribution in [2.45, 2.75) is 6.92 Å². The van der Waals surface area contributed by atoms with Gasteiger partial charge < -0.3 is 5.73 Å². The molecule has 6 heavy (non-hydrogen) atoms. The fourth-order valence-corrected chi connectivity index (χ4v) is 0. The molecule has 0 aromatic rings. The minimum atomic E-state index is 0.500. The first-order valence-electron chi connectivity index (χ1n) is 1.37. The topological polar surface area (TPSA) is 26.0 Å². The Labute approximate surface area is 57.4 Å². The van der Waals surface area contributed by atoms with Crippen molar-refractivity contribution in [2.24, 2.45) is 5.73 Å². The molecule has 0 aliphatic rings. The molecule has 1 nitrogen and oxygen atoms in total. The van der Waals surface area contributed by atoms with Crippen LogP contribution in [0.25, 0.3) is 0 Å². The number of thiocarbonyl (C=S) groups is 1. The minimum Gasteiger partial charge on any atom is -0.394 e. The lowest BCUT2D eigenvalue weighted by Gasteiger charge is -1.65. The van der Waals surface area contributed by atoms with E-state index in [-0.39, 0.29) is 0 Å². The largest absolute Gasteiger partial charge is 0.394 e. The summed E-state index contributed by atoms with van der Waals surface area (Å²) in [6.07, 6.45) is 0. The lowest BCUT2D eigenvalue weighted by molar-refractivity contribution is 1.73. The Morgan fingerprint density at radius 1 is 1.67 bits per heavy atom. The van der Waals surface area contributed by atoms with Gasteiger partial charge in [0.25, 0.3) is 0 Å². The molecule has 0 amide bonds. The van der Waals surface area contributed by atoms with Gasteiger partial charge in [-0.05, 0) is 11.9 Å². The third kappa shape index (κ3) is 157. The van der Waals surface area contributed by atoms with Crippen LogP contribution in [0.15, 0.2) is 0 Å². The summed E-state index contributed by atoms with van der Waals surface area (Å²) in [7, 11) is 0. The average molecular weight is 217 g/mol. The van der Waals surface area contributed by atoms with Crippen LogP contribution in [-0.4, -0.2) is 9.92 Å². The number of rotatable bonds is 0. The summed E-state index contributed by atoms with van der Waals surface area (Å²) in [5.41, 5.74) is 4.84. The van der Waals surface area contributed by atoms with E-state index in [2.05, 4.69) is 34.8 Å². The maximum absolute atomic E-state index is 4.84. The molecule has 2 N–H and O–H groups in total. The summed E-state index contributed by atoms with van der Waals surface area (Å²) in [6, 6.07) is 0. The van der Waals surface area contributed by atoms with Crippen molar-refractivity contribution in [1.82, 2.24) is 0 Å². The molecule has 38 valence electrons. The van der Waals surface area contributed by atoms with Crippen molar-refractivity contribution in [3.05, 3.63) is 0 Å². The molecule has 0 aromatic heterocycles. The van der Waals surface area contributed by atoms with Crippen molar-refractivity contribution < 1.29 is 0 Å². The first kappa shape index (κ1) is 9.80. The summed E-state index contributed by atoms with van der Waals surface area (Å²) in [5.74, 6) is 0. The molecule has 0 bridgehead atoms. The second kappa shape index (κ2) is 9.15. The number of alkyl halides is 1. The second-order valence-corrected chi connectivity index (χ2v) is 1.25. The molecule has 0 spiro atoms. The van der Waals surface area contributed by atoms with Crippen molar-refractivity contribution in [3.63, 3.8) is 0 Å². The monoisotopic (exact) mass is 217 g/mol. The normalized spacial score (nSPS) is 5.17. The van der Waals surface area contributed by atoms with E-state index < -0.39 is 0 Å². The molecule has 0 aromatic carbocycles. The van der Waals surface area contributed by atoms with Crippen LogP contribution in [0.3, 0.4) is 0 Å². The van der Waals surface area contributed by atoms with E-state index in [4.69, 9.17) is 5.73 Å². The van der Waals surface area contributed by atoms with Gasteiger partial charge in [-0.25, -0.2) is 0 Å². The smallest absolute Gasteiger partial charge is 0.0695 e. The van der Waals surface area contributed by atoms with Gasteiger partial charge in [0.15, 0.2) is 0 Å². The highest BCUT2D eigenvalue weighted by molar-refractivity contribution is 14.1. The number of halogens is 1. The molecule has 0 rings (SSSR count). The Bertz CT molecular complexity index is 33.8. The summed E-state index contributed by atoms with van der Waals surface area (Å²) in [6.45, 7) is 1.68. The van der Waals surface area contributed by atoms with Crippen LogP contribution >= 0.6 is 34.8 Å². The van der Waals surface area contributed by atoms with Gasteiger partial charge in [0.05, 0.1) is 4.99 Å². The number of hydrogen-bond donors (Lipinski definition) is 1. The maximum atomic E-state index is 4.84. The average Bonchev–Trinajstić information content (AvgIpc) is 1.41. The summed E-state index contributed by atoms with van der Waals surface area (Å²) in [4.78, 5) is 2.47. The third-order valence-electron chi connectivity index (χ3n) is 0. The van der Waals surface area contributed by atoms with Crippen LogP contribution in [0.2, 0.25) is 0 Å². The third-order valence-corrected chi connectivity index (χ3v) is 0. The summed E-state index contributed by atoms with van der Waals surface area (Å²) < 4.78 is 0. The summed E-state index contributed by atoms with van der Waals surface area (Å²) in [5, 5.41) is 0. The standard InChI is InChI=1S/C2H5NS.CH3I/c1-2(3)4;1-2/h1H3,(H2,3,4);1H3. The highest BCUT2D eigenvalue weighted by Gasteiger charge is 1.54. The van der Waals surface area contributed by atoms with Crippen LogP contribution in [-0.2, 0) is 0 Å². The minimum absolute atomic E-state index is 0.500. The Morgan fingerprint density at radius 2 is 1.67 bits per heavy atom. The van der Waals surface area contributed by atoms with Crippen molar-refractivity contribution in [1.29, 1.82) is 0 Å². The molecule has 0 radical (unpaired) electrons. The lowest BCUT2D eigenvalue weighted by atomic mass is 10.8. The molecule has 3 heteroatoms. The SMILES string of the molecule is CC(N)=S.CI. The van der Waals surface area contributed by atoms with E-state index in [0.29, 0.717) is 4.99 Å². The molecular formula is C3H8INS. The van der Waals surface area contributed by atoms with Gasteiger partial charge in [0, 0.05) is 0 Å². The predicted molar refractivity (Wildman–Crippen MR) is 42.4 cm³/mol. The van der Waals surface area contributed by atoms with Crippen LogP contribution in [0, 0.1) is 0 Å². The van der Waals surface area contributed by atoms with E-state index in [1.165, 1.54) is 0 Å². The van der Waals surface area contributed by atoms with E-state index in [9.17, 15) is 0 Å². The molecule has 0 atom stereocenters. The van der Waals surface area contributed by atoms with E-state index in [1.807, 2.05) is 4.93 Å². The fraction of sp³-hybridized carbons (Fsp3) is 0.667. The Hall–Kier alpha value is 0.620. The first-order valence-corrected chi connectivity index (χ1v) is 3.94. The van der Waals surface area contributed by atoms with E-state index in [0.717, 1.165) is 0 Å². The molecule has 0 saturated carbocycles. The van der Waals surface area contributed by atoms with Gasteiger partial charge in [-0.3, -0.25) is 0 Å². The highest BCUT2D eigenvalue weighted by atomic mass is 127.